The first-order valence-electron chi connectivity index (χ1n) is 17.0. The van der Waals surface area contributed by atoms with Gasteiger partial charge in [-0.15, -0.1) is 0 Å². The van der Waals surface area contributed by atoms with Gasteiger partial charge in [-0.1, -0.05) is 168 Å². The van der Waals surface area contributed by atoms with Crippen molar-refractivity contribution in [2.24, 2.45) is 17.6 Å². The van der Waals surface area contributed by atoms with Crippen LogP contribution in [0.2, 0.25) is 0 Å². The molecule has 4 heteroatoms. The summed E-state index contributed by atoms with van der Waals surface area (Å²) in [6, 6.07) is 0. The number of amides is 1. The van der Waals surface area contributed by atoms with Gasteiger partial charge in [0.15, 0.2) is 0 Å². The van der Waals surface area contributed by atoms with Gasteiger partial charge in [-0.3, -0.25) is 9.59 Å². The maximum Gasteiger partial charge on any atom is 0.306 e. The van der Waals surface area contributed by atoms with Crippen molar-refractivity contribution in [3.05, 3.63) is 0 Å². The standard InChI is InChI=1S/C34H67NO3/c1-3-5-7-9-11-13-15-17-19-21-23-25-27-31(33(35)36)29-30-32(34(37)38)28-26-24-22-20-18-16-14-12-10-8-6-4-2/h31-32H,3-30H2,1-2H3,(H2,35,36)(H,37,38). The minimum atomic E-state index is -0.707. The van der Waals surface area contributed by atoms with E-state index in [-0.39, 0.29) is 17.7 Å². The van der Waals surface area contributed by atoms with Crippen molar-refractivity contribution >= 4 is 11.9 Å². The van der Waals surface area contributed by atoms with E-state index in [0.29, 0.717) is 12.8 Å². The zero-order valence-corrected chi connectivity index (χ0v) is 25.8. The Hall–Kier alpha value is -1.06. The van der Waals surface area contributed by atoms with E-state index in [1.807, 2.05) is 0 Å². The molecule has 226 valence electrons. The van der Waals surface area contributed by atoms with Gasteiger partial charge in [-0.2, -0.15) is 0 Å². The van der Waals surface area contributed by atoms with Crippen LogP contribution in [0.25, 0.3) is 0 Å². The number of carboxylic acid groups (broad SMARTS) is 1. The molecule has 4 nitrogen and oxygen atoms in total. The molecule has 2 unspecified atom stereocenters. The fraction of sp³-hybridized carbons (Fsp3) is 0.941. The molecule has 0 aromatic carbocycles. The Morgan fingerprint density at radius 1 is 0.447 bits per heavy atom. The lowest BCUT2D eigenvalue weighted by molar-refractivity contribution is -0.142. The molecule has 0 aliphatic rings. The van der Waals surface area contributed by atoms with Crippen molar-refractivity contribution in [1.29, 1.82) is 0 Å². The Labute approximate surface area is 237 Å². The first-order chi connectivity index (χ1) is 18.5. The first kappa shape index (κ1) is 36.9. The number of hydrogen-bond donors (Lipinski definition) is 2. The van der Waals surface area contributed by atoms with Gasteiger partial charge in [-0.25, -0.2) is 0 Å². The van der Waals surface area contributed by atoms with Gasteiger partial charge in [0, 0.05) is 5.92 Å². The third-order valence-corrected chi connectivity index (χ3v) is 8.43. The van der Waals surface area contributed by atoms with E-state index in [2.05, 4.69) is 13.8 Å². The zero-order valence-electron chi connectivity index (χ0n) is 25.8. The Balaban J connectivity index is 3.82. The quantitative estimate of drug-likeness (QED) is 0.0863. The molecule has 0 rings (SSSR count). The molecule has 0 aromatic heterocycles. The van der Waals surface area contributed by atoms with Crippen LogP contribution in [-0.4, -0.2) is 17.0 Å². The maximum absolute atomic E-state index is 12.0. The van der Waals surface area contributed by atoms with Crippen molar-refractivity contribution < 1.29 is 14.7 Å². The van der Waals surface area contributed by atoms with E-state index < -0.39 is 5.97 Å². The van der Waals surface area contributed by atoms with Gasteiger partial charge in [0.2, 0.25) is 5.91 Å². The SMILES string of the molecule is CCCCCCCCCCCCCCC(CCC(CCCCCCCCCCCCCC)C(=O)O)C(N)=O. The molecule has 0 aliphatic heterocycles. The number of carbonyl (C=O) groups excluding carboxylic acids is 1. The lowest BCUT2D eigenvalue weighted by atomic mass is 9.88. The van der Waals surface area contributed by atoms with E-state index in [0.717, 1.165) is 38.5 Å². The van der Waals surface area contributed by atoms with Gasteiger partial charge in [0.25, 0.3) is 0 Å². The normalized spacial score (nSPS) is 13.0. The minimum absolute atomic E-state index is 0.165. The molecule has 0 saturated heterocycles. The predicted octanol–water partition coefficient (Wildman–Crippen LogP) is 10.8. The van der Waals surface area contributed by atoms with E-state index in [4.69, 9.17) is 5.73 Å². The summed E-state index contributed by atoms with van der Waals surface area (Å²) in [6.07, 6.45) is 33.8. The molecule has 0 aliphatic carbocycles. The summed E-state index contributed by atoms with van der Waals surface area (Å²) in [5.74, 6) is -1.45. The van der Waals surface area contributed by atoms with Crippen LogP contribution in [0.3, 0.4) is 0 Å². The Morgan fingerprint density at radius 3 is 1.00 bits per heavy atom. The minimum Gasteiger partial charge on any atom is -0.481 e. The molecule has 0 saturated carbocycles. The third-order valence-electron chi connectivity index (χ3n) is 8.43. The first-order valence-corrected chi connectivity index (χ1v) is 17.0. The second-order valence-corrected chi connectivity index (χ2v) is 12.1. The van der Waals surface area contributed by atoms with E-state index in [1.165, 1.54) is 128 Å². The largest absolute Gasteiger partial charge is 0.481 e. The zero-order chi connectivity index (χ0) is 28.1. The number of hydrogen-bond acceptors (Lipinski definition) is 2. The average molecular weight is 538 g/mol. The lowest BCUT2D eigenvalue weighted by Crippen LogP contribution is -2.25. The summed E-state index contributed by atoms with van der Waals surface area (Å²) < 4.78 is 0. The number of carboxylic acids is 1. The van der Waals surface area contributed by atoms with Gasteiger partial charge >= 0.3 is 5.97 Å². The predicted molar refractivity (Wildman–Crippen MR) is 164 cm³/mol. The fourth-order valence-electron chi connectivity index (χ4n) is 5.69. The second-order valence-electron chi connectivity index (χ2n) is 12.1. The molecular weight excluding hydrogens is 470 g/mol. The molecule has 0 aromatic rings. The highest BCUT2D eigenvalue weighted by molar-refractivity contribution is 5.76. The number of rotatable bonds is 31. The van der Waals surface area contributed by atoms with Crippen molar-refractivity contribution in [3.63, 3.8) is 0 Å². The highest BCUT2D eigenvalue weighted by Gasteiger charge is 2.21. The summed E-state index contributed by atoms with van der Waals surface area (Å²) in [5, 5.41) is 9.67. The molecule has 2 atom stereocenters. The fourth-order valence-corrected chi connectivity index (χ4v) is 5.69. The van der Waals surface area contributed by atoms with Gasteiger partial charge in [0.05, 0.1) is 5.92 Å². The van der Waals surface area contributed by atoms with Crippen LogP contribution in [0, 0.1) is 11.8 Å². The van der Waals surface area contributed by atoms with Crippen LogP contribution in [0.15, 0.2) is 0 Å². The molecule has 0 fully saturated rings. The van der Waals surface area contributed by atoms with E-state index in [9.17, 15) is 14.7 Å². The summed E-state index contributed by atoms with van der Waals surface area (Å²) in [4.78, 5) is 23.7. The van der Waals surface area contributed by atoms with E-state index >= 15 is 0 Å². The number of aliphatic carboxylic acids is 1. The van der Waals surface area contributed by atoms with Crippen LogP contribution < -0.4 is 5.73 Å². The second kappa shape index (κ2) is 28.9. The molecule has 1 amide bonds. The summed E-state index contributed by atoms with van der Waals surface area (Å²) in [7, 11) is 0. The van der Waals surface area contributed by atoms with Crippen molar-refractivity contribution in [3.8, 4) is 0 Å². The van der Waals surface area contributed by atoms with Gasteiger partial charge < -0.3 is 10.8 Å². The highest BCUT2D eigenvalue weighted by Crippen LogP contribution is 2.23. The van der Waals surface area contributed by atoms with Crippen molar-refractivity contribution in [1.82, 2.24) is 0 Å². The molecule has 38 heavy (non-hydrogen) atoms. The molecule has 0 heterocycles. The monoisotopic (exact) mass is 538 g/mol. The lowest BCUT2D eigenvalue weighted by Gasteiger charge is -2.17. The molecule has 0 spiro atoms. The van der Waals surface area contributed by atoms with Gasteiger partial charge in [0.1, 0.15) is 0 Å². The topological polar surface area (TPSA) is 80.4 Å². The maximum atomic E-state index is 12.0. The van der Waals surface area contributed by atoms with Crippen LogP contribution in [0.1, 0.15) is 194 Å². The Morgan fingerprint density at radius 2 is 0.711 bits per heavy atom. The molecule has 3 N–H and O–H groups in total. The molecule has 0 bridgehead atoms. The van der Waals surface area contributed by atoms with Crippen LogP contribution in [0.5, 0.6) is 0 Å². The number of unbranched alkanes of at least 4 members (excludes halogenated alkanes) is 22. The third kappa shape index (κ3) is 25.2. The van der Waals surface area contributed by atoms with Crippen LogP contribution in [0.4, 0.5) is 0 Å². The van der Waals surface area contributed by atoms with Crippen molar-refractivity contribution in [2.45, 2.75) is 194 Å². The van der Waals surface area contributed by atoms with Crippen LogP contribution in [-0.2, 0) is 9.59 Å². The number of nitrogens with two attached hydrogens (primary N) is 1. The highest BCUT2D eigenvalue weighted by atomic mass is 16.4. The smallest absolute Gasteiger partial charge is 0.306 e. The average Bonchev–Trinajstić information content (AvgIpc) is 2.89. The molecular formula is C34H67NO3. The summed E-state index contributed by atoms with van der Waals surface area (Å²) in [6.45, 7) is 4.52. The van der Waals surface area contributed by atoms with Gasteiger partial charge in [-0.05, 0) is 25.7 Å². The number of primary amides is 1. The Kier molecular flexibility index (Phi) is 28.1. The summed E-state index contributed by atoms with van der Waals surface area (Å²) >= 11 is 0. The van der Waals surface area contributed by atoms with E-state index in [1.54, 1.807) is 0 Å². The number of carbonyl (C=O) groups is 2. The summed E-state index contributed by atoms with van der Waals surface area (Å²) in [5.41, 5.74) is 5.67. The van der Waals surface area contributed by atoms with Crippen LogP contribution >= 0.6 is 0 Å². The molecule has 0 radical (unpaired) electrons. The van der Waals surface area contributed by atoms with Crippen molar-refractivity contribution in [2.75, 3.05) is 0 Å². The Bertz CT molecular complexity index is 476.